The van der Waals surface area contributed by atoms with Gasteiger partial charge in [-0.25, -0.2) is 4.98 Å². The van der Waals surface area contributed by atoms with E-state index < -0.39 is 4.92 Å². The lowest BCUT2D eigenvalue weighted by atomic mass is 9.82. The first-order valence-electron chi connectivity index (χ1n) is 5.58. The number of aromatic nitrogens is 1. The molecule has 1 aliphatic carbocycles. The zero-order chi connectivity index (χ0) is 12.4. The van der Waals surface area contributed by atoms with Crippen LogP contribution in [-0.2, 0) is 0 Å². The first-order valence-corrected chi connectivity index (χ1v) is 5.58. The van der Waals surface area contributed by atoms with Crippen molar-refractivity contribution in [2.75, 3.05) is 6.54 Å². The molecule has 1 aromatic rings. The molecular weight excluding hydrogens is 222 g/mol. The van der Waals surface area contributed by atoms with Crippen LogP contribution in [0.5, 0.6) is 5.88 Å². The summed E-state index contributed by atoms with van der Waals surface area (Å²) in [5.74, 6) is 0.597. The van der Waals surface area contributed by atoms with Crippen molar-refractivity contribution in [2.45, 2.75) is 25.9 Å². The zero-order valence-corrected chi connectivity index (χ0v) is 9.63. The number of nitrogens with zero attached hydrogens (tertiary/aromatic N) is 2. The van der Waals surface area contributed by atoms with Gasteiger partial charge in [0.05, 0.1) is 4.92 Å². The van der Waals surface area contributed by atoms with Gasteiger partial charge in [-0.2, -0.15) is 0 Å². The maximum absolute atomic E-state index is 10.9. The van der Waals surface area contributed by atoms with E-state index in [0.717, 1.165) is 12.8 Å². The molecule has 2 rings (SSSR count). The van der Waals surface area contributed by atoms with Crippen LogP contribution in [0.4, 0.5) is 5.69 Å². The number of rotatable bonds is 4. The summed E-state index contributed by atoms with van der Waals surface area (Å²) in [5, 5.41) is 10.9. The van der Waals surface area contributed by atoms with Crippen LogP contribution in [0.2, 0.25) is 0 Å². The van der Waals surface area contributed by atoms with Crippen LogP contribution in [0.3, 0.4) is 0 Å². The molecule has 1 aliphatic rings. The maximum atomic E-state index is 10.9. The highest BCUT2D eigenvalue weighted by atomic mass is 16.6. The Morgan fingerprint density at radius 2 is 2.35 bits per heavy atom. The fraction of sp³-hybridized carbons (Fsp3) is 0.545. The van der Waals surface area contributed by atoms with Crippen LogP contribution < -0.4 is 10.5 Å². The third kappa shape index (κ3) is 2.36. The average molecular weight is 237 g/mol. The third-order valence-electron chi connectivity index (χ3n) is 3.08. The van der Waals surface area contributed by atoms with Crippen molar-refractivity contribution in [1.82, 2.24) is 4.98 Å². The predicted molar refractivity (Wildman–Crippen MR) is 61.8 cm³/mol. The Kier molecular flexibility index (Phi) is 3.23. The lowest BCUT2D eigenvalue weighted by Gasteiger charge is -2.33. The van der Waals surface area contributed by atoms with Gasteiger partial charge in [0.2, 0.25) is 0 Å². The van der Waals surface area contributed by atoms with Crippen molar-refractivity contribution in [3.8, 4) is 5.88 Å². The van der Waals surface area contributed by atoms with Crippen LogP contribution >= 0.6 is 0 Å². The molecule has 0 unspecified atom stereocenters. The molecule has 0 aliphatic heterocycles. The summed E-state index contributed by atoms with van der Waals surface area (Å²) >= 11 is 0. The van der Waals surface area contributed by atoms with Crippen LogP contribution in [0.25, 0.3) is 0 Å². The Morgan fingerprint density at radius 1 is 1.65 bits per heavy atom. The van der Waals surface area contributed by atoms with E-state index in [-0.39, 0.29) is 17.7 Å². The van der Waals surface area contributed by atoms with Crippen LogP contribution in [0.1, 0.15) is 18.4 Å². The van der Waals surface area contributed by atoms with Crippen molar-refractivity contribution < 1.29 is 9.66 Å². The van der Waals surface area contributed by atoms with Gasteiger partial charge in [-0.1, -0.05) is 0 Å². The predicted octanol–water partition coefficient (Wildman–Crippen LogP) is 1.41. The minimum Gasteiger partial charge on any atom is -0.469 e. The molecule has 0 radical (unpaired) electrons. The highest BCUT2D eigenvalue weighted by Gasteiger charge is 2.32. The summed E-state index contributed by atoms with van der Waals surface area (Å²) in [7, 11) is 0. The molecule has 6 heteroatoms. The number of nitrogens with two attached hydrogens (primary N) is 1. The molecule has 6 nitrogen and oxygen atoms in total. The van der Waals surface area contributed by atoms with Crippen molar-refractivity contribution in [3.05, 3.63) is 27.9 Å². The Hall–Kier alpha value is -1.69. The number of nitro groups is 1. The Labute approximate surface area is 98.9 Å². The van der Waals surface area contributed by atoms with E-state index in [0.29, 0.717) is 18.0 Å². The molecule has 1 heterocycles. The number of pyridine rings is 1. The zero-order valence-electron chi connectivity index (χ0n) is 9.63. The van der Waals surface area contributed by atoms with Gasteiger partial charge in [-0.3, -0.25) is 10.1 Å². The van der Waals surface area contributed by atoms with E-state index in [1.807, 2.05) is 0 Å². The molecule has 2 N–H and O–H groups in total. The summed E-state index contributed by atoms with van der Waals surface area (Å²) in [6.45, 7) is 2.32. The van der Waals surface area contributed by atoms with Crippen LogP contribution in [0, 0.1) is 23.0 Å². The maximum Gasteiger partial charge on any atom is 0.333 e. The fourth-order valence-electron chi connectivity index (χ4n) is 1.95. The molecule has 0 aromatic carbocycles. The summed E-state index contributed by atoms with van der Waals surface area (Å²) < 4.78 is 5.55. The minimum atomic E-state index is -0.448. The molecule has 92 valence electrons. The quantitative estimate of drug-likeness (QED) is 0.631. The average Bonchev–Trinajstić information content (AvgIpc) is 2.22. The summed E-state index contributed by atoms with van der Waals surface area (Å²) in [4.78, 5) is 14.4. The minimum absolute atomic E-state index is 0.0107. The largest absolute Gasteiger partial charge is 0.469 e. The molecule has 1 fully saturated rings. The van der Waals surface area contributed by atoms with E-state index in [9.17, 15) is 10.1 Å². The standard InChI is InChI=1S/C11H15N3O3/c1-7-2-3-13-11(10(7)14(15)16)17-9-4-8(5-9)6-12/h2-3,8-9H,4-6,12H2,1H3. The molecule has 0 amide bonds. The van der Waals surface area contributed by atoms with E-state index >= 15 is 0 Å². The molecule has 0 spiro atoms. The molecular formula is C11H15N3O3. The van der Waals surface area contributed by atoms with E-state index in [2.05, 4.69) is 4.98 Å². The Bertz CT molecular complexity index is 430. The Balaban J connectivity index is 2.11. The topological polar surface area (TPSA) is 91.3 Å². The smallest absolute Gasteiger partial charge is 0.333 e. The summed E-state index contributed by atoms with van der Waals surface area (Å²) in [5.41, 5.74) is 6.04. The van der Waals surface area contributed by atoms with Gasteiger partial charge in [0.25, 0.3) is 5.88 Å². The highest BCUT2D eigenvalue weighted by Crippen LogP contribution is 2.34. The normalized spacial score (nSPS) is 22.9. The second kappa shape index (κ2) is 4.67. The first-order chi connectivity index (χ1) is 8.11. The van der Waals surface area contributed by atoms with Gasteiger partial charge < -0.3 is 10.5 Å². The number of ether oxygens (including phenoxy) is 1. The number of hydrogen-bond donors (Lipinski definition) is 1. The van der Waals surface area contributed by atoms with Gasteiger partial charge in [0.1, 0.15) is 6.10 Å². The summed E-state index contributed by atoms with van der Waals surface area (Å²) in [6.07, 6.45) is 3.24. The lowest BCUT2D eigenvalue weighted by Crippen LogP contribution is -2.38. The van der Waals surface area contributed by atoms with Crippen molar-refractivity contribution >= 4 is 5.69 Å². The monoisotopic (exact) mass is 237 g/mol. The van der Waals surface area contributed by atoms with Crippen molar-refractivity contribution in [3.63, 3.8) is 0 Å². The Morgan fingerprint density at radius 3 is 2.94 bits per heavy atom. The fourth-order valence-corrected chi connectivity index (χ4v) is 1.95. The molecule has 0 atom stereocenters. The highest BCUT2D eigenvalue weighted by molar-refractivity contribution is 5.47. The van der Waals surface area contributed by atoms with E-state index in [4.69, 9.17) is 10.5 Å². The molecule has 17 heavy (non-hydrogen) atoms. The van der Waals surface area contributed by atoms with Crippen LogP contribution in [-0.4, -0.2) is 22.6 Å². The van der Waals surface area contributed by atoms with Crippen molar-refractivity contribution in [2.24, 2.45) is 11.7 Å². The van der Waals surface area contributed by atoms with Crippen molar-refractivity contribution in [1.29, 1.82) is 0 Å². The molecule has 1 aromatic heterocycles. The summed E-state index contributed by atoms with van der Waals surface area (Å²) in [6, 6.07) is 1.61. The third-order valence-corrected chi connectivity index (χ3v) is 3.08. The van der Waals surface area contributed by atoms with Gasteiger partial charge in [0.15, 0.2) is 0 Å². The molecule has 0 saturated heterocycles. The van der Waals surface area contributed by atoms with Gasteiger partial charge >= 0.3 is 5.69 Å². The number of hydrogen-bond acceptors (Lipinski definition) is 5. The first kappa shape index (κ1) is 11.8. The lowest BCUT2D eigenvalue weighted by molar-refractivity contribution is -0.387. The second-order valence-corrected chi connectivity index (χ2v) is 4.35. The van der Waals surface area contributed by atoms with Gasteiger partial charge in [0, 0.05) is 11.8 Å². The molecule has 0 bridgehead atoms. The second-order valence-electron chi connectivity index (χ2n) is 4.35. The SMILES string of the molecule is Cc1ccnc(OC2CC(CN)C2)c1[N+](=O)[O-]. The molecule has 1 saturated carbocycles. The van der Waals surface area contributed by atoms with Crippen LogP contribution in [0.15, 0.2) is 12.3 Å². The van der Waals surface area contributed by atoms with Gasteiger partial charge in [-0.05, 0) is 38.3 Å². The number of aryl methyl sites for hydroxylation is 1. The van der Waals surface area contributed by atoms with E-state index in [1.54, 1.807) is 13.0 Å². The van der Waals surface area contributed by atoms with Gasteiger partial charge in [-0.15, -0.1) is 0 Å². The van der Waals surface area contributed by atoms with E-state index in [1.165, 1.54) is 6.20 Å².